The molecule has 2 rings (SSSR count). The average molecular weight is 286 g/mol. The number of methoxy groups -OCH3 is 1. The minimum absolute atomic E-state index is 0.103. The van der Waals surface area contributed by atoms with Crippen LogP contribution in [0.4, 0.5) is 11.4 Å². The van der Waals surface area contributed by atoms with Crippen LogP contribution in [0.25, 0.3) is 0 Å². The van der Waals surface area contributed by atoms with Crippen LogP contribution in [0.5, 0.6) is 5.75 Å². The minimum Gasteiger partial charge on any atom is -0.497 e. The summed E-state index contributed by atoms with van der Waals surface area (Å²) in [5.41, 5.74) is 8.26. The molecule has 0 aromatic heterocycles. The molecule has 2 aromatic rings. The second kappa shape index (κ2) is 6.76. The van der Waals surface area contributed by atoms with Crippen LogP contribution in [0.3, 0.4) is 0 Å². The fraction of sp³-hybridized carbons (Fsp3) is 0.188. The van der Waals surface area contributed by atoms with Gasteiger partial charge >= 0.3 is 0 Å². The number of carbonyl (C=O) groups is 1. The smallest absolute Gasteiger partial charge is 0.257 e. The first-order valence-corrected chi connectivity index (χ1v) is 6.58. The van der Waals surface area contributed by atoms with Gasteiger partial charge in [-0.3, -0.25) is 4.79 Å². The lowest BCUT2D eigenvalue weighted by Crippen LogP contribution is -2.14. The number of anilines is 2. The summed E-state index contributed by atoms with van der Waals surface area (Å²) in [4.78, 5) is 12.2. The summed E-state index contributed by atoms with van der Waals surface area (Å²) in [6.07, 6.45) is 0.594. The zero-order valence-electron chi connectivity index (χ0n) is 11.8. The van der Waals surface area contributed by atoms with Gasteiger partial charge in [0.1, 0.15) is 5.75 Å². The molecule has 0 atom stereocenters. The van der Waals surface area contributed by atoms with Crippen LogP contribution in [0, 0.1) is 0 Å². The van der Waals surface area contributed by atoms with Crippen molar-refractivity contribution >= 4 is 17.3 Å². The molecule has 2 aromatic carbocycles. The van der Waals surface area contributed by atoms with E-state index in [0.717, 1.165) is 5.56 Å². The molecule has 1 amide bonds. The van der Waals surface area contributed by atoms with E-state index in [2.05, 4.69) is 5.32 Å². The maximum atomic E-state index is 12.2. The Balaban J connectivity index is 2.14. The van der Waals surface area contributed by atoms with Crippen LogP contribution in [0.15, 0.2) is 42.5 Å². The highest BCUT2D eigenvalue weighted by molar-refractivity contribution is 6.08. The topological polar surface area (TPSA) is 84.6 Å². The van der Waals surface area contributed by atoms with Crippen molar-refractivity contribution in [2.45, 2.75) is 6.42 Å². The minimum atomic E-state index is -0.290. The van der Waals surface area contributed by atoms with Crippen molar-refractivity contribution in [3.05, 3.63) is 53.6 Å². The molecule has 5 nitrogen and oxygen atoms in total. The number of hydrogen-bond acceptors (Lipinski definition) is 4. The highest BCUT2D eigenvalue weighted by Gasteiger charge is 2.11. The van der Waals surface area contributed by atoms with E-state index in [9.17, 15) is 4.79 Å². The van der Waals surface area contributed by atoms with Gasteiger partial charge in [-0.05, 0) is 42.3 Å². The summed E-state index contributed by atoms with van der Waals surface area (Å²) >= 11 is 0. The van der Waals surface area contributed by atoms with E-state index in [0.29, 0.717) is 29.1 Å². The normalized spacial score (nSPS) is 10.2. The zero-order valence-corrected chi connectivity index (χ0v) is 11.8. The third kappa shape index (κ3) is 3.73. The fourth-order valence-corrected chi connectivity index (χ4v) is 1.94. The van der Waals surface area contributed by atoms with E-state index in [1.54, 1.807) is 30.3 Å². The van der Waals surface area contributed by atoms with Gasteiger partial charge in [-0.15, -0.1) is 0 Å². The van der Waals surface area contributed by atoms with Crippen molar-refractivity contribution in [1.82, 2.24) is 0 Å². The molecule has 4 N–H and O–H groups in total. The number of ether oxygens (including phenoxy) is 1. The Morgan fingerprint density at radius 3 is 2.57 bits per heavy atom. The molecule has 0 aliphatic heterocycles. The Morgan fingerprint density at radius 1 is 1.24 bits per heavy atom. The van der Waals surface area contributed by atoms with Crippen molar-refractivity contribution in [3.8, 4) is 5.75 Å². The number of carbonyl (C=O) groups excluding carboxylic acids is 1. The van der Waals surface area contributed by atoms with E-state index in [1.807, 2.05) is 12.1 Å². The first kappa shape index (κ1) is 14.9. The van der Waals surface area contributed by atoms with E-state index in [-0.39, 0.29) is 12.5 Å². The Bertz CT molecular complexity index is 624. The number of nitrogens with one attached hydrogen (secondary N) is 1. The van der Waals surface area contributed by atoms with Crippen molar-refractivity contribution in [1.29, 1.82) is 0 Å². The first-order chi connectivity index (χ1) is 10.1. The van der Waals surface area contributed by atoms with Crippen LogP contribution in [-0.2, 0) is 6.42 Å². The van der Waals surface area contributed by atoms with Gasteiger partial charge in [-0.1, -0.05) is 12.1 Å². The fourth-order valence-electron chi connectivity index (χ4n) is 1.94. The van der Waals surface area contributed by atoms with Gasteiger partial charge in [-0.2, -0.15) is 0 Å². The third-order valence-electron chi connectivity index (χ3n) is 3.12. The summed E-state index contributed by atoms with van der Waals surface area (Å²) < 4.78 is 5.09. The van der Waals surface area contributed by atoms with E-state index in [1.165, 1.54) is 7.11 Å². The lowest BCUT2D eigenvalue weighted by atomic mass is 10.1. The molecule has 5 heteroatoms. The molecular formula is C16H18N2O3. The van der Waals surface area contributed by atoms with Gasteiger partial charge in [0.15, 0.2) is 0 Å². The molecule has 0 aliphatic rings. The van der Waals surface area contributed by atoms with Gasteiger partial charge in [-0.25, -0.2) is 0 Å². The summed E-state index contributed by atoms with van der Waals surface area (Å²) in [7, 11) is 1.53. The summed E-state index contributed by atoms with van der Waals surface area (Å²) in [5.74, 6) is 0.286. The lowest BCUT2D eigenvalue weighted by Gasteiger charge is -2.09. The van der Waals surface area contributed by atoms with Crippen molar-refractivity contribution in [2.24, 2.45) is 0 Å². The molecule has 0 saturated carbocycles. The lowest BCUT2D eigenvalue weighted by molar-refractivity contribution is 0.102. The third-order valence-corrected chi connectivity index (χ3v) is 3.12. The maximum Gasteiger partial charge on any atom is 0.257 e. The van der Waals surface area contributed by atoms with Crippen LogP contribution in [0.2, 0.25) is 0 Å². The molecule has 0 heterocycles. The Morgan fingerprint density at radius 2 is 1.95 bits per heavy atom. The van der Waals surface area contributed by atoms with Gasteiger partial charge in [0.2, 0.25) is 0 Å². The van der Waals surface area contributed by atoms with Crippen LogP contribution < -0.4 is 15.8 Å². The SMILES string of the molecule is COc1ccc(N)c(C(=O)Nc2ccc(CCO)cc2)c1. The predicted molar refractivity (Wildman–Crippen MR) is 82.6 cm³/mol. The van der Waals surface area contributed by atoms with Gasteiger partial charge in [0, 0.05) is 18.0 Å². The van der Waals surface area contributed by atoms with Gasteiger partial charge in [0.05, 0.1) is 12.7 Å². The number of amides is 1. The largest absolute Gasteiger partial charge is 0.497 e. The molecule has 0 bridgehead atoms. The second-order valence-electron chi connectivity index (χ2n) is 4.58. The second-order valence-corrected chi connectivity index (χ2v) is 4.58. The van der Waals surface area contributed by atoms with Gasteiger partial charge in [0.25, 0.3) is 5.91 Å². The quantitative estimate of drug-likeness (QED) is 0.735. The molecule has 0 radical (unpaired) electrons. The maximum absolute atomic E-state index is 12.2. The molecule has 21 heavy (non-hydrogen) atoms. The Hall–Kier alpha value is -2.53. The number of aliphatic hydroxyl groups is 1. The highest BCUT2D eigenvalue weighted by atomic mass is 16.5. The standard InChI is InChI=1S/C16H18N2O3/c1-21-13-6-7-15(17)14(10-13)16(20)18-12-4-2-11(3-5-12)8-9-19/h2-7,10,19H,8-9,17H2,1H3,(H,18,20). The Kier molecular flexibility index (Phi) is 4.79. The van der Waals surface area contributed by atoms with Crippen LogP contribution in [-0.4, -0.2) is 24.7 Å². The first-order valence-electron chi connectivity index (χ1n) is 6.58. The number of aliphatic hydroxyl groups excluding tert-OH is 1. The summed E-state index contributed by atoms with van der Waals surface area (Å²) in [6.45, 7) is 0.103. The van der Waals surface area contributed by atoms with Gasteiger partial charge < -0.3 is 20.9 Å². The number of nitrogen functional groups attached to an aromatic ring is 1. The number of hydrogen-bond donors (Lipinski definition) is 3. The number of nitrogens with two attached hydrogens (primary N) is 1. The van der Waals surface area contributed by atoms with E-state index in [4.69, 9.17) is 15.6 Å². The number of rotatable bonds is 5. The van der Waals surface area contributed by atoms with Crippen LogP contribution in [0.1, 0.15) is 15.9 Å². The number of benzene rings is 2. The van der Waals surface area contributed by atoms with E-state index < -0.39 is 0 Å². The summed E-state index contributed by atoms with van der Waals surface area (Å²) in [6, 6.07) is 12.2. The van der Waals surface area contributed by atoms with E-state index >= 15 is 0 Å². The molecule has 0 saturated heterocycles. The Labute approximate surface area is 123 Å². The monoisotopic (exact) mass is 286 g/mol. The highest BCUT2D eigenvalue weighted by Crippen LogP contribution is 2.21. The molecule has 110 valence electrons. The van der Waals surface area contributed by atoms with Crippen molar-refractivity contribution in [3.63, 3.8) is 0 Å². The predicted octanol–water partition coefficient (Wildman–Crippen LogP) is 2.06. The molecular weight excluding hydrogens is 268 g/mol. The molecule has 0 fully saturated rings. The average Bonchev–Trinajstić information content (AvgIpc) is 2.50. The molecule has 0 aliphatic carbocycles. The van der Waals surface area contributed by atoms with Crippen molar-refractivity contribution < 1.29 is 14.6 Å². The zero-order chi connectivity index (χ0) is 15.2. The van der Waals surface area contributed by atoms with Crippen molar-refractivity contribution in [2.75, 3.05) is 24.8 Å². The van der Waals surface area contributed by atoms with Crippen LogP contribution >= 0.6 is 0 Å². The molecule has 0 unspecified atom stereocenters. The summed E-state index contributed by atoms with van der Waals surface area (Å²) in [5, 5.41) is 11.7. The molecule has 0 spiro atoms.